The molecule has 0 unspecified atom stereocenters. The minimum atomic E-state index is 1.75. The summed E-state index contributed by atoms with van der Waals surface area (Å²) in [6, 6.07) is 0. The number of hydrogen-bond donors (Lipinski definition) is 0. The molecule has 0 aliphatic heterocycles. The summed E-state index contributed by atoms with van der Waals surface area (Å²) in [6.07, 6.45) is 0. The van der Waals surface area contributed by atoms with Crippen LogP contribution in [-0.2, 0) is 14.8 Å². The molecule has 0 aliphatic rings. The van der Waals surface area contributed by atoms with Crippen LogP contribution in [0.2, 0.25) is 0 Å². The first-order valence-corrected chi connectivity index (χ1v) is 2.27. The molecule has 29 valence electrons. The Kier molecular flexibility index (Phi) is 103. The van der Waals surface area contributed by atoms with E-state index in [0.29, 0.717) is 0 Å². The second kappa shape index (κ2) is 46.8. The molecule has 0 nitrogen and oxygen atoms in total. The maximum absolute atomic E-state index is 4.33. The third-order valence-corrected chi connectivity index (χ3v) is 0. The Labute approximate surface area is 39.4 Å². The van der Waals surface area contributed by atoms with E-state index in [2.05, 4.69) is 31.9 Å². The summed E-state index contributed by atoms with van der Waals surface area (Å²) in [5, 5.41) is 0. The zero-order valence-electron chi connectivity index (χ0n) is 2.42. The molecule has 0 aromatic rings. The molecule has 0 atom stereocenters. The summed E-state index contributed by atoms with van der Waals surface area (Å²) in [5.41, 5.74) is 0. The second-order valence-corrected chi connectivity index (χ2v) is 0. The van der Waals surface area contributed by atoms with Crippen LogP contribution in [0, 0.1) is 6.92 Å². The molecule has 0 saturated carbocycles. The van der Waals surface area contributed by atoms with Gasteiger partial charge in [0.05, 0.1) is 0 Å². The van der Waals surface area contributed by atoms with E-state index in [1.54, 1.807) is 6.92 Å². The molecule has 0 bridgehead atoms. The average molecular weight is 123 g/mol. The van der Waals surface area contributed by atoms with Crippen LogP contribution in [0.3, 0.4) is 0 Å². The molecule has 0 radical (unpaired) electrons. The number of rotatable bonds is 0. The van der Waals surface area contributed by atoms with E-state index in [1.165, 1.54) is 0 Å². The minimum absolute atomic E-state index is 1.75. The number of halogens is 1. The predicted octanol–water partition coefficient (Wildman–Crippen LogP) is 1.53. The van der Waals surface area contributed by atoms with Crippen molar-refractivity contribution in [2.75, 3.05) is 0 Å². The molecule has 0 fully saturated rings. The van der Waals surface area contributed by atoms with E-state index in [1.807, 2.05) is 0 Å². The van der Waals surface area contributed by atoms with Crippen molar-refractivity contribution < 1.29 is 14.8 Å². The van der Waals surface area contributed by atoms with Gasteiger partial charge in [-0.25, -0.2) is 0 Å². The summed E-state index contributed by atoms with van der Waals surface area (Å²) < 4.78 is 0. The van der Waals surface area contributed by atoms with Crippen LogP contribution < -0.4 is 0 Å². The van der Waals surface area contributed by atoms with E-state index in [4.69, 9.17) is 0 Å². The fraction of sp³-hybridized carbons (Fsp3) is 0.500. The van der Waals surface area contributed by atoms with Gasteiger partial charge in [-0.15, -0.1) is 0 Å². The van der Waals surface area contributed by atoms with Crippen molar-refractivity contribution in [2.24, 2.45) is 0 Å². The van der Waals surface area contributed by atoms with Crippen LogP contribution in [-0.4, -0.2) is 0 Å². The molecule has 0 heterocycles. The van der Waals surface area contributed by atoms with E-state index >= 15 is 0 Å². The van der Waals surface area contributed by atoms with Gasteiger partial charge in [-0.1, -0.05) is 0 Å². The topological polar surface area (TPSA) is 0 Å². The Bertz CT molecular complexity index is 6.00. The number of hydrogen-bond acceptors (Lipinski definition) is 0. The zero-order chi connectivity index (χ0) is 4.00. The molecule has 2 heteroatoms. The van der Waals surface area contributed by atoms with Crippen LogP contribution in [0.4, 0.5) is 0 Å². The Balaban J connectivity index is 0. The third kappa shape index (κ3) is 14.2. The standard InChI is InChI=1S/C2H5.ClH.Co/c1-2;;/h1H2,2H3;1H;/q-1;;+2/p-1. The van der Waals surface area contributed by atoms with Crippen molar-refractivity contribution in [2.45, 2.75) is 6.92 Å². The summed E-state index contributed by atoms with van der Waals surface area (Å²) in [6.45, 7) is 5.00. The normalized spacial score (nSPS) is 3.00. The van der Waals surface area contributed by atoms with Gasteiger partial charge in [0.25, 0.3) is 0 Å². The maximum atomic E-state index is 4.33. The van der Waals surface area contributed by atoms with Crippen LogP contribution in [0.1, 0.15) is 6.92 Å². The monoisotopic (exact) mass is 123 g/mol. The molecular formula is C2H5ClCo. The van der Waals surface area contributed by atoms with Crippen molar-refractivity contribution in [3.8, 4) is 0 Å². The molecule has 0 saturated heterocycles. The Morgan fingerprint density at radius 1 is 1.50 bits per heavy atom. The zero-order valence-corrected chi connectivity index (χ0v) is 4.22. The van der Waals surface area contributed by atoms with Gasteiger partial charge in [0, 0.05) is 0 Å². The molecule has 0 aliphatic carbocycles. The van der Waals surface area contributed by atoms with Gasteiger partial charge < -0.3 is 6.92 Å². The van der Waals surface area contributed by atoms with Gasteiger partial charge in [-0.3, -0.25) is 0 Å². The summed E-state index contributed by atoms with van der Waals surface area (Å²) >= 11 is 3.03. The van der Waals surface area contributed by atoms with Crippen LogP contribution in [0.15, 0.2) is 0 Å². The first-order chi connectivity index (χ1) is 2.00. The molecule has 0 rings (SSSR count). The van der Waals surface area contributed by atoms with E-state index in [-0.39, 0.29) is 0 Å². The fourth-order valence-corrected chi connectivity index (χ4v) is 0. The molecular weight excluding hydrogens is 118 g/mol. The van der Waals surface area contributed by atoms with Crippen molar-refractivity contribution in [1.82, 2.24) is 0 Å². The molecule has 0 amide bonds. The Hall–Kier alpha value is 0.796. The van der Waals surface area contributed by atoms with Crippen LogP contribution in [0.25, 0.3) is 0 Å². The summed E-state index contributed by atoms with van der Waals surface area (Å²) in [7, 11) is 4.33. The van der Waals surface area contributed by atoms with Crippen molar-refractivity contribution in [1.29, 1.82) is 0 Å². The molecule has 0 spiro atoms. The molecule has 0 aromatic heterocycles. The van der Waals surface area contributed by atoms with Gasteiger partial charge in [-0.2, -0.15) is 6.92 Å². The van der Waals surface area contributed by atoms with E-state index in [0.717, 1.165) is 0 Å². The van der Waals surface area contributed by atoms with Crippen LogP contribution in [0.5, 0.6) is 0 Å². The molecule has 0 aromatic carbocycles. The van der Waals surface area contributed by atoms with Gasteiger partial charge >= 0.3 is 25.0 Å². The molecule has 4 heavy (non-hydrogen) atoms. The predicted molar refractivity (Wildman–Crippen MR) is 16.9 cm³/mol. The second-order valence-electron chi connectivity index (χ2n) is 0. The van der Waals surface area contributed by atoms with Crippen molar-refractivity contribution in [3.05, 3.63) is 6.92 Å². The Morgan fingerprint density at radius 3 is 1.50 bits per heavy atom. The fourth-order valence-electron chi connectivity index (χ4n) is 0. The van der Waals surface area contributed by atoms with Crippen LogP contribution >= 0.6 is 10.1 Å². The quantitative estimate of drug-likeness (QED) is 0.429. The van der Waals surface area contributed by atoms with Gasteiger partial charge in [0.15, 0.2) is 0 Å². The van der Waals surface area contributed by atoms with Gasteiger partial charge in [0.1, 0.15) is 0 Å². The first-order valence-electron chi connectivity index (χ1n) is 0.833. The third-order valence-electron chi connectivity index (χ3n) is 0. The van der Waals surface area contributed by atoms with Crippen molar-refractivity contribution in [3.63, 3.8) is 0 Å². The first kappa shape index (κ1) is 8.84. The Morgan fingerprint density at radius 2 is 1.50 bits per heavy atom. The van der Waals surface area contributed by atoms with Gasteiger partial charge in [0.2, 0.25) is 0 Å². The summed E-state index contributed by atoms with van der Waals surface area (Å²) in [5.74, 6) is 0. The van der Waals surface area contributed by atoms with E-state index < -0.39 is 0 Å². The van der Waals surface area contributed by atoms with E-state index in [9.17, 15) is 0 Å². The average Bonchev–Trinajstić information content (AvgIpc) is 1.50. The van der Waals surface area contributed by atoms with Gasteiger partial charge in [-0.05, 0) is 0 Å². The summed E-state index contributed by atoms with van der Waals surface area (Å²) in [4.78, 5) is 0. The SMILES string of the molecule is [CH2-]C.[Cl][Co+]. The van der Waals surface area contributed by atoms with Crippen molar-refractivity contribution >= 4 is 10.1 Å². The molecule has 0 N–H and O–H groups in total.